The van der Waals surface area contributed by atoms with E-state index >= 15 is 0 Å². The van der Waals surface area contributed by atoms with Crippen LogP contribution in [0.15, 0.2) is 11.3 Å². The Balaban J connectivity index is 1.47. The van der Waals surface area contributed by atoms with Crippen LogP contribution in [-0.2, 0) is 4.79 Å². The number of nitrogens with one attached hydrogen (secondary N) is 1. The van der Waals surface area contributed by atoms with E-state index in [-0.39, 0.29) is 21.8 Å². The molecule has 5 aliphatic rings. The highest BCUT2D eigenvalue weighted by Gasteiger charge is 2.61. The van der Waals surface area contributed by atoms with Crippen LogP contribution in [0.5, 0.6) is 0 Å². The Morgan fingerprint density at radius 1 is 1.00 bits per heavy atom. The van der Waals surface area contributed by atoms with E-state index < -0.39 is 0 Å². The van der Waals surface area contributed by atoms with Gasteiger partial charge in [-0.1, -0.05) is 13.8 Å². The summed E-state index contributed by atoms with van der Waals surface area (Å²) < 4.78 is 0. The monoisotopic (exact) mass is 372 g/mol. The first-order chi connectivity index (χ1) is 12.8. The highest BCUT2D eigenvalue weighted by Crippen LogP contribution is 2.65. The van der Waals surface area contributed by atoms with Gasteiger partial charge in [0.15, 0.2) is 0 Å². The third-order valence-electron chi connectivity index (χ3n) is 9.29. The molecule has 5 nitrogen and oxygen atoms in total. The molecule has 0 aromatic carbocycles. The Morgan fingerprint density at radius 2 is 1.78 bits per heavy atom. The van der Waals surface area contributed by atoms with Crippen LogP contribution in [0.25, 0.3) is 0 Å². The van der Waals surface area contributed by atoms with Gasteiger partial charge in [0.05, 0.1) is 4.92 Å². The van der Waals surface area contributed by atoms with Crippen molar-refractivity contribution in [3.63, 3.8) is 0 Å². The maximum absolute atomic E-state index is 12.3. The summed E-state index contributed by atoms with van der Waals surface area (Å²) in [5.74, 6) is 1.69. The average molecular weight is 373 g/mol. The number of hydrogen-bond donors (Lipinski definition) is 1. The SMILES string of the molecule is C[C@]12CC[C@H]3[C@@H](CCC4=C([N+](=O)[O-])C(=O)CC[C@@]43C)[C@@H]1CC[C@@H]2NC1CC1. The molecule has 0 heterocycles. The van der Waals surface area contributed by atoms with Crippen molar-refractivity contribution in [1.82, 2.24) is 5.32 Å². The van der Waals surface area contributed by atoms with Crippen LogP contribution in [-0.4, -0.2) is 22.8 Å². The molecule has 4 fully saturated rings. The van der Waals surface area contributed by atoms with Gasteiger partial charge >= 0.3 is 5.70 Å². The van der Waals surface area contributed by atoms with Crippen molar-refractivity contribution in [2.45, 2.75) is 90.1 Å². The minimum atomic E-state index is -0.381. The van der Waals surface area contributed by atoms with Crippen LogP contribution in [0, 0.1) is 38.7 Å². The summed E-state index contributed by atoms with van der Waals surface area (Å²) in [7, 11) is 0. The Bertz CT molecular complexity index is 727. The Morgan fingerprint density at radius 3 is 2.48 bits per heavy atom. The van der Waals surface area contributed by atoms with Gasteiger partial charge in [0.25, 0.3) is 0 Å². The highest BCUT2D eigenvalue weighted by molar-refractivity contribution is 5.95. The van der Waals surface area contributed by atoms with Crippen molar-refractivity contribution < 1.29 is 9.72 Å². The second-order valence-corrected chi connectivity index (χ2v) is 10.5. The van der Waals surface area contributed by atoms with Gasteiger partial charge in [-0.25, -0.2) is 0 Å². The lowest BCUT2D eigenvalue weighted by Gasteiger charge is -2.57. The zero-order chi connectivity index (χ0) is 19.0. The fraction of sp³-hybridized carbons (Fsp3) is 0.864. The second kappa shape index (κ2) is 5.88. The van der Waals surface area contributed by atoms with Crippen LogP contribution in [0.2, 0.25) is 0 Å². The number of carbonyl (C=O) groups excluding carboxylic acids is 1. The van der Waals surface area contributed by atoms with Crippen molar-refractivity contribution >= 4 is 5.78 Å². The number of Topliss-reactive ketones (excluding diaryl/α,β-unsaturated/α-hetero) is 1. The number of rotatable bonds is 3. The predicted octanol–water partition coefficient (Wildman–Crippen LogP) is 4.24. The molecule has 0 aromatic rings. The summed E-state index contributed by atoms with van der Waals surface area (Å²) in [6.07, 6.45) is 10.6. The van der Waals surface area contributed by atoms with Crippen LogP contribution in [0.3, 0.4) is 0 Å². The van der Waals surface area contributed by atoms with Crippen molar-refractivity contribution in [2.24, 2.45) is 28.6 Å². The van der Waals surface area contributed by atoms with Crippen molar-refractivity contribution in [3.8, 4) is 0 Å². The maximum atomic E-state index is 12.3. The molecule has 0 radical (unpaired) electrons. The van der Waals surface area contributed by atoms with Crippen molar-refractivity contribution in [2.75, 3.05) is 0 Å². The quantitative estimate of drug-likeness (QED) is 0.594. The summed E-state index contributed by atoms with van der Waals surface area (Å²) in [4.78, 5) is 23.5. The molecule has 0 spiro atoms. The summed E-state index contributed by atoms with van der Waals surface area (Å²) >= 11 is 0. The van der Waals surface area contributed by atoms with E-state index in [9.17, 15) is 14.9 Å². The number of ketones is 1. The molecular weight excluding hydrogens is 340 g/mol. The minimum Gasteiger partial charge on any atom is -0.311 e. The number of nitro groups is 1. The summed E-state index contributed by atoms with van der Waals surface area (Å²) in [6.45, 7) is 4.76. The molecule has 1 N–H and O–H groups in total. The summed E-state index contributed by atoms with van der Waals surface area (Å²) in [5.41, 5.74) is 1.09. The molecule has 5 aliphatic carbocycles. The van der Waals surface area contributed by atoms with E-state index in [1.165, 1.54) is 38.5 Å². The van der Waals surface area contributed by atoms with Gasteiger partial charge < -0.3 is 5.32 Å². The summed E-state index contributed by atoms with van der Waals surface area (Å²) in [5, 5.41) is 15.6. The maximum Gasteiger partial charge on any atom is 0.311 e. The van der Waals surface area contributed by atoms with Gasteiger partial charge in [0.1, 0.15) is 0 Å². The van der Waals surface area contributed by atoms with E-state index in [1.54, 1.807) is 0 Å². The van der Waals surface area contributed by atoms with Crippen LogP contribution >= 0.6 is 0 Å². The van der Waals surface area contributed by atoms with Crippen molar-refractivity contribution in [3.05, 3.63) is 21.4 Å². The smallest absolute Gasteiger partial charge is 0.311 e. The molecule has 0 unspecified atom stereocenters. The number of hydrogen-bond acceptors (Lipinski definition) is 4. The molecule has 0 amide bonds. The minimum absolute atomic E-state index is 0.0461. The molecule has 0 aliphatic heterocycles. The van der Waals surface area contributed by atoms with Crippen LogP contribution < -0.4 is 5.32 Å². The second-order valence-electron chi connectivity index (χ2n) is 10.5. The van der Waals surface area contributed by atoms with Crippen LogP contribution in [0.4, 0.5) is 0 Å². The Hall–Kier alpha value is -1.23. The molecule has 5 heteroatoms. The normalized spacial score (nSPS) is 46.7. The molecule has 4 saturated carbocycles. The van der Waals surface area contributed by atoms with Gasteiger partial charge in [-0.3, -0.25) is 14.9 Å². The number of nitrogens with zero attached hydrogens (tertiary/aromatic N) is 1. The van der Waals surface area contributed by atoms with E-state index in [0.717, 1.165) is 36.8 Å². The first-order valence-electron chi connectivity index (χ1n) is 11.0. The van der Waals surface area contributed by atoms with Crippen molar-refractivity contribution in [1.29, 1.82) is 0 Å². The van der Waals surface area contributed by atoms with Crippen LogP contribution in [0.1, 0.15) is 78.1 Å². The lowest BCUT2D eigenvalue weighted by atomic mass is 9.47. The summed E-state index contributed by atoms with van der Waals surface area (Å²) in [6, 6.07) is 1.41. The number of fused-ring (bicyclic) bond motifs is 5. The van der Waals surface area contributed by atoms with Gasteiger partial charge in [-0.05, 0) is 86.4 Å². The molecule has 5 rings (SSSR count). The average Bonchev–Trinajstić information content (AvgIpc) is 3.37. The number of allylic oxidation sites excluding steroid dienone is 1. The first kappa shape index (κ1) is 17.8. The van der Waals surface area contributed by atoms with E-state index in [2.05, 4.69) is 19.2 Å². The van der Waals surface area contributed by atoms with Gasteiger partial charge in [0, 0.05) is 24.1 Å². The molecule has 148 valence electrons. The Kier molecular flexibility index (Phi) is 3.89. The molecule has 0 aromatic heterocycles. The molecule has 0 bridgehead atoms. The predicted molar refractivity (Wildman–Crippen MR) is 103 cm³/mol. The molecular formula is C22H32N2O3. The Labute approximate surface area is 161 Å². The number of carbonyl (C=O) groups is 1. The highest BCUT2D eigenvalue weighted by atomic mass is 16.6. The standard InChI is InChI=1S/C22H32N2O3/c1-21-12-10-18(25)20(24(26)27)17(21)6-5-14-15-7-8-19(23-13-3-4-13)22(15,2)11-9-16(14)21/h13-16,19,23H,3-12H2,1-2H3/t14-,15-,16-,19-,21+,22-/m0/s1. The molecule has 27 heavy (non-hydrogen) atoms. The first-order valence-corrected chi connectivity index (χ1v) is 11.0. The van der Waals surface area contributed by atoms with E-state index in [1.807, 2.05) is 0 Å². The van der Waals surface area contributed by atoms with Gasteiger partial charge in [-0.2, -0.15) is 0 Å². The van der Waals surface area contributed by atoms with E-state index in [0.29, 0.717) is 29.7 Å². The molecule has 6 atom stereocenters. The lowest BCUT2D eigenvalue weighted by molar-refractivity contribution is -0.422. The molecule has 0 saturated heterocycles. The van der Waals surface area contributed by atoms with Gasteiger partial charge in [0.2, 0.25) is 5.78 Å². The third kappa shape index (κ3) is 2.49. The third-order valence-corrected chi connectivity index (χ3v) is 9.29. The topological polar surface area (TPSA) is 72.2 Å². The lowest BCUT2D eigenvalue weighted by Crippen LogP contribution is -2.54. The van der Waals surface area contributed by atoms with Gasteiger partial charge in [-0.15, -0.1) is 0 Å². The largest absolute Gasteiger partial charge is 0.311 e. The van der Waals surface area contributed by atoms with E-state index in [4.69, 9.17) is 0 Å². The fourth-order valence-electron chi connectivity index (χ4n) is 7.71. The zero-order valence-electron chi connectivity index (χ0n) is 16.6. The fourth-order valence-corrected chi connectivity index (χ4v) is 7.71. The zero-order valence-corrected chi connectivity index (χ0v) is 16.6.